The molecule has 7 heteroatoms. The first kappa shape index (κ1) is 16.4. The topological polar surface area (TPSA) is 76.7 Å². The van der Waals surface area contributed by atoms with E-state index in [1.165, 1.54) is 7.11 Å². The third-order valence-electron chi connectivity index (χ3n) is 3.28. The van der Waals surface area contributed by atoms with E-state index in [0.717, 1.165) is 4.47 Å². The summed E-state index contributed by atoms with van der Waals surface area (Å²) in [4.78, 5) is 24.1. The lowest BCUT2D eigenvalue weighted by atomic mass is 9.95. The second-order valence-electron chi connectivity index (χ2n) is 4.65. The van der Waals surface area contributed by atoms with Crippen LogP contribution < -0.4 is 15.4 Å². The van der Waals surface area contributed by atoms with Gasteiger partial charge >= 0.3 is 12.0 Å². The minimum Gasteiger partial charge on any atom is -0.495 e. The Bertz CT molecular complexity index is 642. The Balaban J connectivity index is 2.55. The molecule has 0 spiro atoms. The van der Waals surface area contributed by atoms with Crippen molar-refractivity contribution in [3.63, 3.8) is 0 Å². The van der Waals surface area contributed by atoms with E-state index in [-0.39, 0.29) is 12.6 Å². The lowest BCUT2D eigenvalue weighted by Gasteiger charge is -2.29. The first-order valence-electron chi connectivity index (χ1n) is 6.77. The van der Waals surface area contributed by atoms with Gasteiger partial charge in [-0.25, -0.2) is 9.59 Å². The summed E-state index contributed by atoms with van der Waals surface area (Å²) in [6, 6.07) is 4.42. The lowest BCUT2D eigenvalue weighted by molar-refractivity contribution is -0.139. The fraction of sp³-hybridized carbons (Fsp3) is 0.333. The molecule has 1 aliphatic rings. The average Bonchev–Trinajstić information content (AvgIpc) is 2.46. The highest BCUT2D eigenvalue weighted by Gasteiger charge is 2.34. The Morgan fingerprint density at radius 2 is 2.14 bits per heavy atom. The van der Waals surface area contributed by atoms with Gasteiger partial charge in [-0.2, -0.15) is 0 Å². The number of ether oxygens (including phenoxy) is 2. The average molecular weight is 369 g/mol. The summed E-state index contributed by atoms with van der Waals surface area (Å²) in [6.07, 6.45) is 0. The third kappa shape index (κ3) is 3.09. The van der Waals surface area contributed by atoms with Crippen LogP contribution in [0.3, 0.4) is 0 Å². The number of allylic oxidation sites excluding steroid dienone is 1. The molecular formula is C15H17BrN2O4. The SMILES string of the molecule is CCOC(=O)C1=C(C)NC(=O)NC1c1cccc(Br)c1OC. The largest absolute Gasteiger partial charge is 0.495 e. The van der Waals surface area contributed by atoms with Crippen LogP contribution in [0.5, 0.6) is 5.75 Å². The van der Waals surface area contributed by atoms with Crippen molar-refractivity contribution in [2.45, 2.75) is 19.9 Å². The Labute approximate surface area is 137 Å². The van der Waals surface area contributed by atoms with Crippen LogP contribution >= 0.6 is 15.9 Å². The number of methoxy groups -OCH3 is 1. The molecule has 0 fully saturated rings. The van der Waals surface area contributed by atoms with Gasteiger partial charge in [0.15, 0.2) is 0 Å². The van der Waals surface area contributed by atoms with Crippen LogP contribution in [0.1, 0.15) is 25.5 Å². The quantitative estimate of drug-likeness (QED) is 0.800. The Hall–Kier alpha value is -2.02. The molecule has 1 aromatic rings. The van der Waals surface area contributed by atoms with Crippen LogP contribution in [0.4, 0.5) is 4.79 Å². The van der Waals surface area contributed by atoms with E-state index in [0.29, 0.717) is 22.6 Å². The summed E-state index contributed by atoms with van der Waals surface area (Å²) in [7, 11) is 1.53. The summed E-state index contributed by atoms with van der Waals surface area (Å²) in [6.45, 7) is 3.66. The number of hydrogen-bond donors (Lipinski definition) is 2. The number of halogens is 1. The number of urea groups is 1. The van der Waals surface area contributed by atoms with Crippen LogP contribution in [0, 0.1) is 0 Å². The van der Waals surface area contributed by atoms with E-state index < -0.39 is 12.0 Å². The molecule has 118 valence electrons. The van der Waals surface area contributed by atoms with Gasteiger partial charge in [-0.05, 0) is 35.8 Å². The minimum atomic E-state index is -0.639. The number of benzene rings is 1. The fourth-order valence-electron chi connectivity index (χ4n) is 2.37. The van der Waals surface area contributed by atoms with E-state index in [1.54, 1.807) is 19.9 Å². The molecule has 2 rings (SSSR count). The van der Waals surface area contributed by atoms with Crippen LogP contribution in [0.25, 0.3) is 0 Å². The van der Waals surface area contributed by atoms with Crippen molar-refractivity contribution >= 4 is 27.9 Å². The smallest absolute Gasteiger partial charge is 0.338 e. The van der Waals surface area contributed by atoms with Crippen molar-refractivity contribution < 1.29 is 19.1 Å². The number of para-hydroxylation sites is 1. The Kier molecular flexibility index (Phi) is 5.07. The number of esters is 1. The molecule has 22 heavy (non-hydrogen) atoms. The maximum absolute atomic E-state index is 12.3. The van der Waals surface area contributed by atoms with Gasteiger partial charge in [-0.3, -0.25) is 0 Å². The van der Waals surface area contributed by atoms with E-state index in [2.05, 4.69) is 26.6 Å². The second kappa shape index (κ2) is 6.83. The second-order valence-corrected chi connectivity index (χ2v) is 5.51. The molecule has 2 N–H and O–H groups in total. The molecule has 0 radical (unpaired) electrons. The zero-order valence-electron chi connectivity index (χ0n) is 12.5. The molecule has 1 heterocycles. The van der Waals surface area contributed by atoms with Gasteiger partial charge in [-0.1, -0.05) is 12.1 Å². The monoisotopic (exact) mass is 368 g/mol. The highest BCUT2D eigenvalue weighted by atomic mass is 79.9. The summed E-state index contributed by atoms with van der Waals surface area (Å²) >= 11 is 3.41. The van der Waals surface area contributed by atoms with Crippen molar-refractivity contribution in [3.05, 3.63) is 39.5 Å². The molecular weight excluding hydrogens is 352 g/mol. The number of hydrogen-bond acceptors (Lipinski definition) is 4. The maximum Gasteiger partial charge on any atom is 0.338 e. The van der Waals surface area contributed by atoms with Crippen molar-refractivity contribution in [3.8, 4) is 5.75 Å². The molecule has 1 unspecified atom stereocenters. The van der Waals surface area contributed by atoms with Crippen molar-refractivity contribution in [2.75, 3.05) is 13.7 Å². The van der Waals surface area contributed by atoms with Gasteiger partial charge in [0.25, 0.3) is 0 Å². The van der Waals surface area contributed by atoms with Gasteiger partial charge in [-0.15, -0.1) is 0 Å². The predicted octanol–water partition coefficient (Wildman–Crippen LogP) is 2.65. The number of carbonyl (C=O) groups excluding carboxylic acids is 2. The summed E-state index contributed by atoms with van der Waals surface area (Å²) in [5.41, 5.74) is 1.50. The molecule has 0 bridgehead atoms. The van der Waals surface area contributed by atoms with Crippen molar-refractivity contribution in [2.24, 2.45) is 0 Å². The zero-order chi connectivity index (χ0) is 16.3. The maximum atomic E-state index is 12.3. The van der Waals surface area contributed by atoms with Gasteiger partial charge in [0, 0.05) is 11.3 Å². The van der Waals surface area contributed by atoms with Gasteiger partial charge in [0.05, 0.1) is 29.8 Å². The normalized spacial score (nSPS) is 17.6. The fourth-order valence-corrected chi connectivity index (χ4v) is 2.92. The highest BCUT2D eigenvalue weighted by molar-refractivity contribution is 9.10. The first-order chi connectivity index (χ1) is 10.5. The number of nitrogens with one attached hydrogen (secondary N) is 2. The van der Waals surface area contributed by atoms with Crippen molar-refractivity contribution in [1.82, 2.24) is 10.6 Å². The van der Waals surface area contributed by atoms with E-state index in [1.807, 2.05) is 12.1 Å². The summed E-state index contributed by atoms with van der Waals surface area (Å²) < 4.78 is 11.2. The molecule has 1 aliphatic heterocycles. The van der Waals surface area contributed by atoms with E-state index >= 15 is 0 Å². The number of rotatable bonds is 4. The zero-order valence-corrected chi connectivity index (χ0v) is 14.1. The van der Waals surface area contributed by atoms with E-state index in [4.69, 9.17) is 9.47 Å². The molecule has 2 amide bonds. The van der Waals surface area contributed by atoms with Crippen molar-refractivity contribution in [1.29, 1.82) is 0 Å². The highest BCUT2D eigenvalue weighted by Crippen LogP contribution is 2.37. The third-order valence-corrected chi connectivity index (χ3v) is 3.90. The predicted molar refractivity (Wildman–Crippen MR) is 84.4 cm³/mol. The molecule has 6 nitrogen and oxygen atoms in total. The van der Waals surface area contributed by atoms with Gasteiger partial charge in [0.2, 0.25) is 0 Å². The molecule has 0 saturated carbocycles. The summed E-state index contributed by atoms with van der Waals surface area (Å²) in [5.74, 6) is 0.0869. The first-order valence-corrected chi connectivity index (χ1v) is 7.56. The summed E-state index contributed by atoms with van der Waals surface area (Å²) in [5, 5.41) is 5.34. The van der Waals surface area contributed by atoms with Crippen LogP contribution in [-0.2, 0) is 9.53 Å². The molecule has 0 aliphatic carbocycles. The van der Waals surface area contributed by atoms with Gasteiger partial charge in [0.1, 0.15) is 5.75 Å². The van der Waals surface area contributed by atoms with E-state index in [9.17, 15) is 9.59 Å². The van der Waals surface area contributed by atoms with Crippen LogP contribution in [0.15, 0.2) is 33.9 Å². The molecule has 1 aromatic carbocycles. The lowest BCUT2D eigenvalue weighted by Crippen LogP contribution is -2.45. The standard InChI is InChI=1S/C15H17BrN2O4/c1-4-22-14(19)11-8(2)17-15(20)18-12(11)9-6-5-7-10(16)13(9)21-3/h5-7,12H,4H2,1-3H3,(H2,17,18,20). The Morgan fingerprint density at radius 1 is 1.41 bits per heavy atom. The van der Waals surface area contributed by atoms with Gasteiger partial charge < -0.3 is 20.1 Å². The number of amides is 2. The molecule has 0 aromatic heterocycles. The molecule has 1 atom stereocenters. The number of carbonyl (C=O) groups is 2. The molecule has 0 saturated heterocycles. The Morgan fingerprint density at radius 3 is 2.77 bits per heavy atom. The van der Waals surface area contributed by atoms with Crippen LogP contribution in [0.2, 0.25) is 0 Å². The van der Waals surface area contributed by atoms with Crippen LogP contribution in [-0.4, -0.2) is 25.7 Å². The minimum absolute atomic E-state index is 0.256.